The Hall–Kier alpha value is -0.660. The van der Waals surface area contributed by atoms with E-state index in [1.807, 2.05) is 14.1 Å². The summed E-state index contributed by atoms with van der Waals surface area (Å²) in [6.45, 7) is 10.8. The summed E-state index contributed by atoms with van der Waals surface area (Å²) in [6.07, 6.45) is 16.7. The molecule has 0 aliphatic heterocycles. The molecule has 226 valence electrons. The number of carbonyl (C=O) groups excluding carboxylic acids is 1. The summed E-state index contributed by atoms with van der Waals surface area (Å²) in [7, 11) is -0.339. The molecule has 0 saturated heterocycles. The molecule has 39 heavy (non-hydrogen) atoms. The van der Waals surface area contributed by atoms with Gasteiger partial charge in [0, 0.05) is 19.4 Å². The Morgan fingerprint density at radius 2 is 1.69 bits per heavy atom. The van der Waals surface area contributed by atoms with Crippen molar-refractivity contribution in [3.63, 3.8) is 0 Å². The van der Waals surface area contributed by atoms with Crippen LogP contribution in [0, 0.1) is 46.3 Å². The molecule has 4 aliphatic carbocycles. The minimum atomic E-state index is -4.23. The maximum Gasteiger partial charge on any atom is 0.220 e. The molecule has 5 unspecified atom stereocenters. The first kappa shape index (κ1) is 31.3. The first-order valence-corrected chi connectivity index (χ1v) is 17.8. The van der Waals surface area contributed by atoms with Crippen LogP contribution in [0.5, 0.6) is 0 Å². The quantitative estimate of drug-likeness (QED) is 0.190. The van der Waals surface area contributed by atoms with E-state index in [2.05, 4.69) is 26.1 Å². The van der Waals surface area contributed by atoms with Crippen LogP contribution in [-0.4, -0.2) is 62.3 Å². The second-order valence-corrected chi connectivity index (χ2v) is 16.9. The fourth-order valence-electron chi connectivity index (χ4n) is 10.4. The lowest BCUT2D eigenvalue weighted by Gasteiger charge is -2.61. The third-order valence-electron chi connectivity index (χ3n) is 13.0. The van der Waals surface area contributed by atoms with Gasteiger partial charge in [0.25, 0.3) is 0 Å². The number of nitrogens with one attached hydrogen (secondary N) is 1. The molecule has 0 spiro atoms. The predicted octanol–water partition coefficient (Wildman–Crippen LogP) is 5.97. The van der Waals surface area contributed by atoms with Crippen LogP contribution in [0.2, 0.25) is 0 Å². The average molecular weight is 567 g/mol. The Balaban J connectivity index is 1.23. The van der Waals surface area contributed by atoms with Crippen molar-refractivity contribution < 1.29 is 22.2 Å². The summed E-state index contributed by atoms with van der Waals surface area (Å²) >= 11 is 0. The standard InChI is InChI=1S/C32H58N2O4S/c1-23(11-16-30(35)33-20-9-21-34(5,6)24(2)22-39(36,37)38)27-14-15-28-26-13-12-25-10-7-8-18-31(25,3)29(26)17-19-32(27,28)4/h23-29H,7-22H2,1-6H3,(H-,33,35,36,37,38)/t23-,24?,25?,26?,27-,28?,29?,31+,32-/m1/s1. The molecule has 9 atom stereocenters. The van der Waals surface area contributed by atoms with Crippen molar-refractivity contribution >= 4 is 16.0 Å². The van der Waals surface area contributed by atoms with Crippen molar-refractivity contribution in [1.29, 1.82) is 0 Å². The first-order chi connectivity index (χ1) is 18.2. The summed E-state index contributed by atoms with van der Waals surface area (Å²) < 4.78 is 33.8. The van der Waals surface area contributed by atoms with Crippen LogP contribution >= 0.6 is 0 Å². The number of rotatable bonds is 11. The van der Waals surface area contributed by atoms with Crippen LogP contribution in [-0.2, 0) is 14.9 Å². The maximum absolute atomic E-state index is 12.7. The molecule has 4 saturated carbocycles. The van der Waals surface area contributed by atoms with E-state index in [0.717, 1.165) is 49.0 Å². The molecule has 0 radical (unpaired) electrons. The zero-order chi connectivity index (χ0) is 28.6. The number of carbonyl (C=O) groups is 1. The minimum Gasteiger partial charge on any atom is -0.748 e. The van der Waals surface area contributed by atoms with Crippen molar-refractivity contribution in [1.82, 2.24) is 5.32 Å². The SMILES string of the molecule is CC(CS(=O)(=O)[O-])[N+](C)(C)CCCNC(=O)CC[C@@H](C)[C@H]1CCC2C3CCC4CCCC[C@]4(C)C3CC[C@@]21C. The van der Waals surface area contributed by atoms with Crippen molar-refractivity contribution in [3.05, 3.63) is 0 Å². The molecule has 0 heterocycles. The Kier molecular flexibility index (Phi) is 9.55. The van der Waals surface area contributed by atoms with Gasteiger partial charge in [-0.2, -0.15) is 0 Å². The Morgan fingerprint density at radius 1 is 0.974 bits per heavy atom. The highest BCUT2D eigenvalue weighted by molar-refractivity contribution is 7.85. The van der Waals surface area contributed by atoms with Gasteiger partial charge in [-0.25, -0.2) is 8.42 Å². The topological polar surface area (TPSA) is 86.3 Å². The molecule has 6 nitrogen and oxygen atoms in total. The van der Waals surface area contributed by atoms with Gasteiger partial charge in [0.15, 0.2) is 0 Å². The fourth-order valence-corrected chi connectivity index (χ4v) is 11.3. The summed E-state index contributed by atoms with van der Waals surface area (Å²) in [5, 5.41) is 3.09. The molecule has 0 bridgehead atoms. The molecule has 1 N–H and O–H groups in total. The van der Waals surface area contributed by atoms with Crippen molar-refractivity contribution in [2.24, 2.45) is 46.3 Å². The van der Waals surface area contributed by atoms with Gasteiger partial charge < -0.3 is 14.4 Å². The highest BCUT2D eigenvalue weighted by Crippen LogP contribution is 2.68. The van der Waals surface area contributed by atoms with E-state index in [0.29, 0.717) is 34.2 Å². The molecule has 1 amide bonds. The van der Waals surface area contributed by atoms with Crippen LogP contribution < -0.4 is 5.32 Å². The zero-order valence-electron chi connectivity index (χ0n) is 25.8. The van der Waals surface area contributed by atoms with Gasteiger partial charge in [-0.3, -0.25) is 4.79 Å². The van der Waals surface area contributed by atoms with E-state index >= 15 is 0 Å². The van der Waals surface area contributed by atoms with Gasteiger partial charge in [0.05, 0.1) is 32.4 Å². The lowest BCUT2D eigenvalue weighted by molar-refractivity contribution is -0.910. The van der Waals surface area contributed by atoms with Gasteiger partial charge in [-0.05, 0) is 111 Å². The number of nitrogens with zero attached hydrogens (tertiary/aromatic N) is 1. The van der Waals surface area contributed by atoms with E-state index in [1.165, 1.54) is 64.2 Å². The van der Waals surface area contributed by atoms with E-state index in [4.69, 9.17) is 0 Å². The molecule has 7 heteroatoms. The van der Waals surface area contributed by atoms with E-state index < -0.39 is 10.1 Å². The highest BCUT2D eigenvalue weighted by Gasteiger charge is 2.60. The summed E-state index contributed by atoms with van der Waals surface area (Å²) in [5.41, 5.74) is 1.05. The number of hydrogen-bond donors (Lipinski definition) is 1. The molecule has 4 aliphatic rings. The zero-order valence-corrected chi connectivity index (χ0v) is 26.7. The van der Waals surface area contributed by atoms with Gasteiger partial charge >= 0.3 is 0 Å². The number of quaternary nitrogens is 1. The summed E-state index contributed by atoms with van der Waals surface area (Å²) in [5.74, 6) is 4.85. The first-order valence-electron chi connectivity index (χ1n) is 16.2. The Bertz CT molecular complexity index is 967. The third kappa shape index (κ3) is 6.71. The molecule has 0 aromatic rings. The maximum atomic E-state index is 12.7. The summed E-state index contributed by atoms with van der Waals surface area (Å²) in [6, 6.07) is -0.267. The highest BCUT2D eigenvalue weighted by atomic mass is 32.2. The van der Waals surface area contributed by atoms with Gasteiger partial charge in [0.1, 0.15) is 10.1 Å². The number of fused-ring (bicyclic) bond motifs is 5. The van der Waals surface area contributed by atoms with Crippen LogP contribution in [0.3, 0.4) is 0 Å². The number of amides is 1. The predicted molar refractivity (Wildman–Crippen MR) is 157 cm³/mol. The van der Waals surface area contributed by atoms with E-state index in [1.54, 1.807) is 6.92 Å². The van der Waals surface area contributed by atoms with Gasteiger partial charge in [0.2, 0.25) is 5.91 Å². The number of hydrogen-bond acceptors (Lipinski definition) is 4. The smallest absolute Gasteiger partial charge is 0.220 e. The normalized spacial score (nSPS) is 38.3. The lowest BCUT2D eigenvalue weighted by atomic mass is 9.44. The van der Waals surface area contributed by atoms with Crippen LogP contribution in [0.4, 0.5) is 0 Å². The average Bonchev–Trinajstić information content (AvgIpc) is 3.21. The monoisotopic (exact) mass is 566 g/mol. The molecule has 0 aromatic heterocycles. The Morgan fingerprint density at radius 3 is 2.41 bits per heavy atom. The van der Waals surface area contributed by atoms with E-state index in [9.17, 15) is 17.8 Å². The molecular weight excluding hydrogens is 508 g/mol. The minimum absolute atomic E-state index is 0.134. The van der Waals surface area contributed by atoms with Gasteiger partial charge in [-0.15, -0.1) is 0 Å². The fraction of sp³-hybridized carbons (Fsp3) is 0.969. The van der Waals surface area contributed by atoms with E-state index in [-0.39, 0.29) is 17.7 Å². The molecular formula is C32H58N2O4S. The van der Waals surface area contributed by atoms with Gasteiger partial charge in [-0.1, -0.05) is 33.6 Å². The van der Waals surface area contributed by atoms with Crippen LogP contribution in [0.25, 0.3) is 0 Å². The molecule has 0 aromatic carbocycles. The lowest BCUT2D eigenvalue weighted by Crippen LogP contribution is -2.53. The second-order valence-electron chi connectivity index (χ2n) is 15.4. The van der Waals surface area contributed by atoms with Crippen LogP contribution in [0.1, 0.15) is 111 Å². The van der Waals surface area contributed by atoms with Crippen molar-refractivity contribution in [3.8, 4) is 0 Å². The third-order valence-corrected chi connectivity index (χ3v) is 13.9. The Labute approximate surface area is 239 Å². The molecule has 4 fully saturated rings. The largest absolute Gasteiger partial charge is 0.748 e. The summed E-state index contributed by atoms with van der Waals surface area (Å²) in [4.78, 5) is 12.7. The van der Waals surface area contributed by atoms with Crippen LogP contribution in [0.15, 0.2) is 0 Å². The van der Waals surface area contributed by atoms with Crippen molar-refractivity contribution in [2.75, 3.05) is 32.9 Å². The second kappa shape index (κ2) is 11.9. The molecule has 4 rings (SSSR count). The van der Waals surface area contributed by atoms with Crippen molar-refractivity contribution in [2.45, 2.75) is 117 Å².